The number of anilines is 1. The lowest BCUT2D eigenvalue weighted by atomic mass is 10.0. The van der Waals surface area contributed by atoms with Crippen LogP contribution in [0.15, 0.2) is 78.9 Å². The predicted octanol–water partition coefficient (Wildman–Crippen LogP) is 6.09. The van der Waals surface area contributed by atoms with E-state index in [4.69, 9.17) is 0 Å². The molecule has 2 amide bonds. The third-order valence-corrected chi connectivity index (χ3v) is 9.08. The molecule has 1 aliphatic carbocycles. The van der Waals surface area contributed by atoms with Gasteiger partial charge in [-0.2, -0.15) is 13.2 Å². The molecule has 0 heterocycles. The Morgan fingerprint density at radius 2 is 1.62 bits per heavy atom. The second kappa shape index (κ2) is 14.9. The van der Waals surface area contributed by atoms with Crippen LogP contribution in [0.4, 0.5) is 23.2 Å². The van der Waals surface area contributed by atoms with E-state index in [0.717, 1.165) is 60.0 Å². The molecule has 1 N–H and O–H groups in total. The molecule has 4 rings (SSSR count). The minimum absolute atomic E-state index is 0.0306. The van der Waals surface area contributed by atoms with Crippen molar-refractivity contribution in [3.8, 4) is 0 Å². The molecule has 45 heavy (non-hydrogen) atoms. The average molecular weight is 648 g/mol. The van der Waals surface area contributed by atoms with Crippen molar-refractivity contribution >= 4 is 27.5 Å². The van der Waals surface area contributed by atoms with E-state index in [1.165, 1.54) is 29.2 Å². The molecule has 7 nitrogen and oxygen atoms in total. The van der Waals surface area contributed by atoms with Gasteiger partial charge >= 0.3 is 6.18 Å². The monoisotopic (exact) mass is 647 g/mol. The lowest BCUT2D eigenvalue weighted by molar-refractivity contribution is -0.141. The summed E-state index contributed by atoms with van der Waals surface area (Å²) in [5.41, 5.74) is -0.179. The Morgan fingerprint density at radius 1 is 0.956 bits per heavy atom. The number of halogens is 4. The van der Waals surface area contributed by atoms with Gasteiger partial charge < -0.3 is 10.2 Å². The Kier molecular flexibility index (Phi) is 11.2. The normalized spacial score (nSPS) is 14.6. The van der Waals surface area contributed by atoms with Gasteiger partial charge in [-0.3, -0.25) is 13.9 Å². The van der Waals surface area contributed by atoms with Crippen molar-refractivity contribution in [3.63, 3.8) is 0 Å². The standard InChI is InChI=1S/C33H37F4N3O4S/c1-45(43,44)40(28-17-9-14-26(22-28)33(35,36)37)20-10-19-31(41)39(23-25-13-5-8-18-29(25)34)30(21-24-11-3-2-4-12-24)32(42)38-27-15-6-7-16-27/h2-5,8-9,11-14,17-18,22,27,30H,6-7,10,15-16,19-21,23H2,1H3,(H,38,42)/t30-/m1/s1. The van der Waals surface area contributed by atoms with Gasteiger partial charge in [0.05, 0.1) is 17.5 Å². The van der Waals surface area contributed by atoms with E-state index in [9.17, 15) is 35.6 Å². The zero-order valence-corrected chi connectivity index (χ0v) is 25.8. The lowest BCUT2D eigenvalue weighted by Crippen LogP contribution is -2.52. The predicted molar refractivity (Wildman–Crippen MR) is 164 cm³/mol. The minimum Gasteiger partial charge on any atom is -0.352 e. The smallest absolute Gasteiger partial charge is 0.352 e. The third-order valence-electron chi connectivity index (χ3n) is 7.88. The topological polar surface area (TPSA) is 86.8 Å². The highest BCUT2D eigenvalue weighted by atomic mass is 32.2. The maximum absolute atomic E-state index is 14.8. The highest BCUT2D eigenvalue weighted by Gasteiger charge is 2.34. The Balaban J connectivity index is 1.60. The first-order chi connectivity index (χ1) is 21.3. The Bertz CT molecular complexity index is 1560. The van der Waals surface area contributed by atoms with Crippen molar-refractivity contribution < 1.29 is 35.6 Å². The van der Waals surface area contributed by atoms with Crippen molar-refractivity contribution in [2.24, 2.45) is 0 Å². The summed E-state index contributed by atoms with van der Waals surface area (Å²) in [6, 6.07) is 18.0. The Morgan fingerprint density at radius 3 is 2.27 bits per heavy atom. The van der Waals surface area contributed by atoms with E-state index in [1.54, 1.807) is 6.07 Å². The molecule has 0 unspecified atom stereocenters. The van der Waals surface area contributed by atoms with Crippen LogP contribution in [0, 0.1) is 5.82 Å². The highest BCUT2D eigenvalue weighted by Crippen LogP contribution is 2.32. The van der Waals surface area contributed by atoms with Gasteiger partial charge in [0.15, 0.2) is 0 Å². The number of hydrogen-bond acceptors (Lipinski definition) is 4. The van der Waals surface area contributed by atoms with Crippen molar-refractivity contribution in [1.82, 2.24) is 10.2 Å². The van der Waals surface area contributed by atoms with Crippen LogP contribution in [0.5, 0.6) is 0 Å². The van der Waals surface area contributed by atoms with Crippen LogP contribution in [-0.4, -0.2) is 50.0 Å². The van der Waals surface area contributed by atoms with Crippen LogP contribution in [0.25, 0.3) is 0 Å². The number of hydrogen-bond donors (Lipinski definition) is 1. The van der Waals surface area contributed by atoms with Crippen LogP contribution >= 0.6 is 0 Å². The lowest BCUT2D eigenvalue weighted by Gasteiger charge is -2.33. The molecule has 0 aliphatic heterocycles. The van der Waals surface area contributed by atoms with E-state index < -0.39 is 39.5 Å². The number of rotatable bonds is 13. The van der Waals surface area contributed by atoms with Gasteiger partial charge in [-0.1, -0.05) is 67.4 Å². The summed E-state index contributed by atoms with van der Waals surface area (Å²) in [6.45, 7) is -0.485. The molecule has 1 aliphatic rings. The van der Waals surface area contributed by atoms with E-state index in [-0.39, 0.29) is 55.6 Å². The van der Waals surface area contributed by atoms with Crippen LogP contribution in [0.1, 0.15) is 55.2 Å². The van der Waals surface area contributed by atoms with E-state index in [1.807, 2.05) is 30.3 Å². The molecule has 0 spiro atoms. The quantitative estimate of drug-likeness (QED) is 0.228. The van der Waals surface area contributed by atoms with Gasteiger partial charge in [0, 0.05) is 37.5 Å². The minimum atomic E-state index is -4.67. The second-order valence-corrected chi connectivity index (χ2v) is 13.2. The number of carbonyl (C=O) groups excluding carboxylic acids is 2. The number of nitrogens with one attached hydrogen (secondary N) is 1. The molecule has 1 atom stereocenters. The number of amides is 2. The molecule has 3 aromatic rings. The molecular formula is C33H37F4N3O4S. The van der Waals surface area contributed by atoms with Crippen LogP contribution < -0.4 is 9.62 Å². The van der Waals surface area contributed by atoms with Gasteiger partial charge in [-0.25, -0.2) is 12.8 Å². The molecule has 1 saturated carbocycles. The number of alkyl halides is 3. The first-order valence-corrected chi connectivity index (χ1v) is 16.7. The Hall–Kier alpha value is -3.93. The third kappa shape index (κ3) is 9.53. The maximum Gasteiger partial charge on any atom is 0.416 e. The summed E-state index contributed by atoms with van der Waals surface area (Å²) in [7, 11) is -4.01. The Labute approximate surface area is 261 Å². The summed E-state index contributed by atoms with van der Waals surface area (Å²) in [6.07, 6.45) is -0.315. The number of sulfonamides is 1. The molecule has 0 bridgehead atoms. The molecule has 1 fully saturated rings. The number of carbonyl (C=O) groups is 2. The first-order valence-electron chi connectivity index (χ1n) is 14.8. The van der Waals surface area contributed by atoms with E-state index in [2.05, 4.69) is 5.32 Å². The van der Waals surface area contributed by atoms with Gasteiger partial charge in [0.2, 0.25) is 21.8 Å². The van der Waals surface area contributed by atoms with E-state index in [0.29, 0.717) is 0 Å². The molecule has 0 radical (unpaired) electrons. The summed E-state index contributed by atoms with van der Waals surface area (Å²) in [5, 5.41) is 3.06. The molecular weight excluding hydrogens is 610 g/mol. The molecule has 242 valence electrons. The van der Waals surface area contributed by atoms with Crippen molar-refractivity contribution in [1.29, 1.82) is 0 Å². The first kappa shape index (κ1) is 34.0. The van der Waals surface area contributed by atoms with Crippen LogP contribution in [0.2, 0.25) is 0 Å². The number of benzene rings is 3. The largest absolute Gasteiger partial charge is 0.416 e. The van der Waals surface area contributed by atoms with Gasteiger partial charge in [0.25, 0.3) is 0 Å². The molecule has 3 aromatic carbocycles. The molecule has 12 heteroatoms. The summed E-state index contributed by atoms with van der Waals surface area (Å²) in [4.78, 5) is 29.0. The average Bonchev–Trinajstić information content (AvgIpc) is 3.50. The highest BCUT2D eigenvalue weighted by molar-refractivity contribution is 7.92. The zero-order valence-electron chi connectivity index (χ0n) is 25.0. The summed E-state index contributed by atoms with van der Waals surface area (Å²) in [5.74, 6) is -1.42. The van der Waals surface area contributed by atoms with Crippen molar-refractivity contribution in [2.45, 2.75) is 69.8 Å². The van der Waals surface area contributed by atoms with Gasteiger partial charge in [-0.15, -0.1) is 0 Å². The summed E-state index contributed by atoms with van der Waals surface area (Å²) >= 11 is 0. The second-order valence-electron chi connectivity index (χ2n) is 11.3. The maximum atomic E-state index is 14.8. The van der Waals surface area contributed by atoms with E-state index >= 15 is 0 Å². The fraction of sp³-hybridized carbons (Fsp3) is 0.394. The van der Waals surface area contributed by atoms with Crippen molar-refractivity contribution in [3.05, 3.63) is 101 Å². The fourth-order valence-electron chi connectivity index (χ4n) is 5.57. The SMILES string of the molecule is CS(=O)(=O)N(CCCC(=O)N(Cc1ccccc1F)[C@H](Cc1ccccc1)C(=O)NC1CCCC1)c1cccc(C(F)(F)F)c1. The van der Waals surface area contributed by atoms with Crippen molar-refractivity contribution in [2.75, 3.05) is 17.1 Å². The fourth-order valence-corrected chi connectivity index (χ4v) is 6.53. The van der Waals surface area contributed by atoms with Crippen LogP contribution in [-0.2, 0) is 38.8 Å². The van der Waals surface area contributed by atoms with Crippen LogP contribution in [0.3, 0.4) is 0 Å². The number of nitrogens with zero attached hydrogens (tertiary/aromatic N) is 2. The summed E-state index contributed by atoms with van der Waals surface area (Å²) < 4.78 is 80.8. The van der Waals surface area contributed by atoms with Gasteiger partial charge in [0.1, 0.15) is 11.9 Å². The zero-order chi connectivity index (χ0) is 32.6. The molecule has 0 saturated heterocycles. The van der Waals surface area contributed by atoms with Gasteiger partial charge in [-0.05, 0) is 49.1 Å². The molecule has 0 aromatic heterocycles.